The molecule has 0 saturated heterocycles. The van der Waals surface area contributed by atoms with Crippen molar-refractivity contribution < 1.29 is 9.90 Å². The second-order valence-electron chi connectivity index (χ2n) is 4.20. The van der Waals surface area contributed by atoms with Gasteiger partial charge < -0.3 is 10.8 Å². The summed E-state index contributed by atoms with van der Waals surface area (Å²) in [6.07, 6.45) is 0. The SMILES string of the molecule is CC(C)(C)c1cc(O)c(C(=O)CN)s1. The lowest BCUT2D eigenvalue weighted by atomic mass is 9.95. The lowest BCUT2D eigenvalue weighted by molar-refractivity contribution is 0.100. The Bertz CT molecular complexity index is 349. The summed E-state index contributed by atoms with van der Waals surface area (Å²) in [7, 11) is 0. The lowest BCUT2D eigenvalue weighted by Crippen LogP contribution is -2.12. The van der Waals surface area contributed by atoms with Crippen LogP contribution in [0.5, 0.6) is 5.75 Å². The van der Waals surface area contributed by atoms with Gasteiger partial charge in [0.1, 0.15) is 10.6 Å². The molecule has 0 fully saturated rings. The minimum Gasteiger partial charge on any atom is -0.506 e. The van der Waals surface area contributed by atoms with Crippen molar-refractivity contribution in [3.05, 3.63) is 15.8 Å². The molecule has 1 aromatic rings. The predicted molar refractivity (Wildman–Crippen MR) is 58.1 cm³/mol. The van der Waals surface area contributed by atoms with Crippen LogP contribution in [-0.4, -0.2) is 17.4 Å². The van der Waals surface area contributed by atoms with E-state index in [1.54, 1.807) is 6.07 Å². The third-order valence-corrected chi connectivity index (χ3v) is 3.48. The molecule has 0 atom stereocenters. The molecule has 0 bridgehead atoms. The van der Waals surface area contributed by atoms with Crippen LogP contribution in [0.3, 0.4) is 0 Å². The molecule has 0 saturated carbocycles. The van der Waals surface area contributed by atoms with Gasteiger partial charge in [0.15, 0.2) is 5.78 Å². The number of carbonyl (C=O) groups excluding carboxylic acids is 1. The van der Waals surface area contributed by atoms with E-state index in [9.17, 15) is 9.90 Å². The first-order valence-electron chi connectivity index (χ1n) is 4.43. The number of Topliss-reactive ketones (excluding diaryl/α,β-unsaturated/α-hetero) is 1. The summed E-state index contributed by atoms with van der Waals surface area (Å²) in [6.45, 7) is 6.05. The van der Waals surface area contributed by atoms with Crippen molar-refractivity contribution in [1.29, 1.82) is 0 Å². The Hall–Kier alpha value is -0.870. The van der Waals surface area contributed by atoms with Crippen molar-refractivity contribution >= 4 is 17.1 Å². The second kappa shape index (κ2) is 3.71. The Morgan fingerprint density at radius 2 is 2.14 bits per heavy atom. The zero-order chi connectivity index (χ0) is 10.9. The molecule has 0 amide bonds. The fraction of sp³-hybridized carbons (Fsp3) is 0.500. The molecule has 0 radical (unpaired) electrons. The van der Waals surface area contributed by atoms with Gasteiger partial charge in [-0.25, -0.2) is 0 Å². The first-order valence-corrected chi connectivity index (χ1v) is 5.24. The van der Waals surface area contributed by atoms with Crippen LogP contribution in [0.25, 0.3) is 0 Å². The number of aromatic hydroxyl groups is 1. The minimum absolute atomic E-state index is 0.0464. The van der Waals surface area contributed by atoms with Gasteiger partial charge in [0, 0.05) is 4.88 Å². The summed E-state index contributed by atoms with van der Waals surface area (Å²) in [4.78, 5) is 12.7. The zero-order valence-corrected chi connectivity index (χ0v) is 9.44. The highest BCUT2D eigenvalue weighted by molar-refractivity contribution is 7.14. The van der Waals surface area contributed by atoms with Gasteiger partial charge in [-0.3, -0.25) is 4.79 Å². The molecule has 0 unspecified atom stereocenters. The molecule has 0 aliphatic heterocycles. The van der Waals surface area contributed by atoms with Crippen LogP contribution in [0.1, 0.15) is 35.3 Å². The summed E-state index contributed by atoms with van der Waals surface area (Å²) >= 11 is 1.32. The third-order valence-electron chi connectivity index (χ3n) is 1.89. The molecular formula is C10H15NO2S. The molecule has 78 valence electrons. The Morgan fingerprint density at radius 3 is 2.50 bits per heavy atom. The van der Waals surface area contributed by atoms with Crippen LogP contribution in [0.4, 0.5) is 0 Å². The van der Waals surface area contributed by atoms with Gasteiger partial charge in [0.25, 0.3) is 0 Å². The third kappa shape index (κ3) is 2.13. The van der Waals surface area contributed by atoms with Crippen LogP contribution in [0.2, 0.25) is 0 Å². The molecule has 3 N–H and O–H groups in total. The molecule has 0 spiro atoms. The van der Waals surface area contributed by atoms with Crippen molar-refractivity contribution in [2.24, 2.45) is 5.73 Å². The highest BCUT2D eigenvalue weighted by Crippen LogP contribution is 2.36. The summed E-state index contributed by atoms with van der Waals surface area (Å²) in [5.74, 6) is -0.154. The van der Waals surface area contributed by atoms with Crippen molar-refractivity contribution in [3.8, 4) is 5.75 Å². The van der Waals surface area contributed by atoms with E-state index in [0.29, 0.717) is 4.88 Å². The van der Waals surface area contributed by atoms with E-state index in [1.165, 1.54) is 11.3 Å². The van der Waals surface area contributed by atoms with Crippen molar-refractivity contribution in [2.45, 2.75) is 26.2 Å². The van der Waals surface area contributed by atoms with Gasteiger partial charge >= 0.3 is 0 Å². The summed E-state index contributed by atoms with van der Waals surface area (Å²) in [5, 5.41) is 9.53. The van der Waals surface area contributed by atoms with E-state index >= 15 is 0 Å². The normalized spacial score (nSPS) is 11.7. The molecule has 4 heteroatoms. The predicted octanol–water partition coefficient (Wildman–Crippen LogP) is 1.89. The number of carbonyl (C=O) groups is 1. The Morgan fingerprint density at radius 1 is 1.57 bits per heavy atom. The topological polar surface area (TPSA) is 63.3 Å². The summed E-state index contributed by atoms with van der Waals surface area (Å²) in [6, 6.07) is 1.65. The van der Waals surface area contributed by atoms with Crippen molar-refractivity contribution in [1.82, 2.24) is 0 Å². The highest BCUT2D eigenvalue weighted by atomic mass is 32.1. The van der Waals surface area contributed by atoms with Crippen LogP contribution in [0, 0.1) is 0 Å². The number of rotatable bonds is 2. The van der Waals surface area contributed by atoms with Gasteiger partial charge in [-0.05, 0) is 11.5 Å². The fourth-order valence-electron chi connectivity index (χ4n) is 1.04. The standard InChI is InChI=1S/C10H15NO2S/c1-10(2,3)8-4-6(12)9(14-8)7(13)5-11/h4,12H,5,11H2,1-3H3. The van der Waals surface area contributed by atoms with E-state index in [1.807, 2.05) is 20.8 Å². The molecule has 1 aromatic heterocycles. The van der Waals surface area contributed by atoms with Crippen molar-refractivity contribution in [3.63, 3.8) is 0 Å². The largest absolute Gasteiger partial charge is 0.506 e. The summed E-state index contributed by atoms with van der Waals surface area (Å²) < 4.78 is 0. The lowest BCUT2D eigenvalue weighted by Gasteiger charge is -2.14. The Labute approximate surface area is 87.6 Å². The molecule has 14 heavy (non-hydrogen) atoms. The first-order chi connectivity index (χ1) is 6.36. The molecule has 0 aliphatic carbocycles. The van der Waals surface area contributed by atoms with E-state index in [-0.39, 0.29) is 23.5 Å². The minimum atomic E-state index is -0.206. The van der Waals surface area contributed by atoms with Gasteiger partial charge in [-0.2, -0.15) is 0 Å². The number of hydrogen-bond donors (Lipinski definition) is 2. The average molecular weight is 213 g/mol. The maximum Gasteiger partial charge on any atom is 0.190 e. The van der Waals surface area contributed by atoms with Crippen molar-refractivity contribution in [2.75, 3.05) is 6.54 Å². The Kier molecular flexibility index (Phi) is 2.97. The number of hydrogen-bond acceptors (Lipinski definition) is 4. The van der Waals surface area contributed by atoms with Gasteiger partial charge in [-0.1, -0.05) is 20.8 Å². The zero-order valence-electron chi connectivity index (χ0n) is 8.63. The molecule has 1 heterocycles. The maximum absolute atomic E-state index is 11.3. The molecule has 1 rings (SSSR count). The fourth-order valence-corrected chi connectivity index (χ4v) is 2.10. The van der Waals surface area contributed by atoms with Gasteiger partial charge in [0.2, 0.25) is 0 Å². The quantitative estimate of drug-likeness (QED) is 0.737. The van der Waals surface area contributed by atoms with E-state index in [4.69, 9.17) is 5.73 Å². The van der Waals surface area contributed by atoms with Crippen LogP contribution in [-0.2, 0) is 5.41 Å². The van der Waals surface area contributed by atoms with Crippen LogP contribution < -0.4 is 5.73 Å². The smallest absolute Gasteiger partial charge is 0.190 e. The maximum atomic E-state index is 11.3. The summed E-state index contributed by atoms with van der Waals surface area (Å²) in [5.41, 5.74) is 5.19. The van der Waals surface area contributed by atoms with E-state index < -0.39 is 0 Å². The average Bonchev–Trinajstić information content (AvgIpc) is 2.45. The monoisotopic (exact) mass is 213 g/mol. The number of ketones is 1. The first kappa shape index (κ1) is 11.2. The van der Waals surface area contributed by atoms with E-state index in [0.717, 1.165) is 4.88 Å². The Balaban J connectivity index is 3.12. The molecule has 3 nitrogen and oxygen atoms in total. The molecule has 0 aliphatic rings. The van der Waals surface area contributed by atoms with Crippen LogP contribution in [0.15, 0.2) is 6.07 Å². The highest BCUT2D eigenvalue weighted by Gasteiger charge is 2.21. The molecule has 0 aromatic carbocycles. The van der Waals surface area contributed by atoms with Gasteiger partial charge in [-0.15, -0.1) is 11.3 Å². The van der Waals surface area contributed by atoms with Gasteiger partial charge in [0.05, 0.1) is 6.54 Å². The van der Waals surface area contributed by atoms with Crippen LogP contribution >= 0.6 is 11.3 Å². The number of nitrogens with two attached hydrogens (primary N) is 1. The molecular weight excluding hydrogens is 198 g/mol. The second-order valence-corrected chi connectivity index (χ2v) is 5.25. The number of thiophene rings is 1. The van der Waals surface area contributed by atoms with E-state index in [2.05, 4.69) is 0 Å².